The molecule has 0 radical (unpaired) electrons. The molecule has 3 nitrogen and oxygen atoms in total. The molecule has 0 spiro atoms. The maximum atomic E-state index is 13.9. The second-order valence-corrected chi connectivity index (χ2v) is 6.54. The highest BCUT2D eigenvalue weighted by Crippen LogP contribution is 2.36. The Morgan fingerprint density at radius 3 is 2.95 bits per heavy atom. The van der Waals surface area contributed by atoms with Gasteiger partial charge in [-0.3, -0.25) is 0 Å². The van der Waals surface area contributed by atoms with Crippen LogP contribution < -0.4 is 0 Å². The summed E-state index contributed by atoms with van der Waals surface area (Å²) in [5.74, 6) is 0.938. The molecule has 0 aliphatic heterocycles. The van der Waals surface area contributed by atoms with Crippen LogP contribution in [0, 0.1) is 9.39 Å². The Kier molecular flexibility index (Phi) is 4.19. The van der Waals surface area contributed by atoms with Gasteiger partial charge in [-0.1, -0.05) is 0 Å². The van der Waals surface area contributed by atoms with Crippen LogP contribution in [0.25, 0.3) is 11.0 Å². The predicted molar refractivity (Wildman–Crippen MR) is 85.7 cm³/mol. The van der Waals surface area contributed by atoms with Gasteiger partial charge in [-0.05, 0) is 47.9 Å². The van der Waals surface area contributed by atoms with Gasteiger partial charge in [-0.15, -0.1) is 11.6 Å². The van der Waals surface area contributed by atoms with E-state index in [1.807, 2.05) is 22.6 Å². The van der Waals surface area contributed by atoms with Crippen LogP contribution in [0.5, 0.6) is 0 Å². The molecule has 1 aromatic heterocycles. The number of nitrogens with zero attached hydrogens (tertiary/aromatic N) is 2. The van der Waals surface area contributed by atoms with Crippen LogP contribution in [0.15, 0.2) is 12.1 Å². The summed E-state index contributed by atoms with van der Waals surface area (Å²) in [5.41, 5.74) is 1.65. The largest absolute Gasteiger partial charge is 0.381 e. The molecule has 108 valence electrons. The Labute approximate surface area is 135 Å². The van der Waals surface area contributed by atoms with Gasteiger partial charge in [0.05, 0.1) is 26.6 Å². The van der Waals surface area contributed by atoms with Gasteiger partial charge in [0.2, 0.25) is 0 Å². The van der Waals surface area contributed by atoms with E-state index in [0.29, 0.717) is 9.45 Å². The van der Waals surface area contributed by atoms with Crippen molar-refractivity contribution < 1.29 is 9.13 Å². The van der Waals surface area contributed by atoms with Crippen molar-refractivity contribution in [2.45, 2.75) is 37.3 Å². The fourth-order valence-corrected chi connectivity index (χ4v) is 3.65. The van der Waals surface area contributed by atoms with Crippen LogP contribution in [-0.4, -0.2) is 22.8 Å². The van der Waals surface area contributed by atoms with Crippen molar-refractivity contribution in [1.29, 1.82) is 0 Å². The number of hydrogen-bond acceptors (Lipinski definition) is 2. The van der Waals surface area contributed by atoms with E-state index in [9.17, 15) is 4.39 Å². The summed E-state index contributed by atoms with van der Waals surface area (Å²) in [6.07, 6.45) is 3.24. The van der Waals surface area contributed by atoms with Crippen molar-refractivity contribution >= 4 is 45.2 Å². The second kappa shape index (κ2) is 5.77. The van der Waals surface area contributed by atoms with Crippen molar-refractivity contribution in [3.8, 4) is 0 Å². The average molecular weight is 409 g/mol. The molecule has 0 amide bonds. The fourth-order valence-electron chi connectivity index (χ4n) is 3.01. The van der Waals surface area contributed by atoms with Gasteiger partial charge in [-0.25, -0.2) is 9.37 Å². The standard InChI is InChI=1S/C14H15ClFIN2O/c1-20-9-3-2-8(4-9)19-13-5-10(16)11(17)6-12(13)18-14(19)7-15/h5-6,8-9H,2-4,7H2,1H3. The number of ether oxygens (including phenoxy) is 1. The minimum atomic E-state index is -0.207. The molecule has 0 bridgehead atoms. The van der Waals surface area contributed by atoms with E-state index in [1.54, 1.807) is 19.2 Å². The molecule has 2 atom stereocenters. The highest BCUT2D eigenvalue weighted by molar-refractivity contribution is 14.1. The molecule has 1 aromatic carbocycles. The first-order valence-electron chi connectivity index (χ1n) is 6.58. The molecule has 6 heteroatoms. The van der Waals surface area contributed by atoms with E-state index in [-0.39, 0.29) is 18.0 Å². The summed E-state index contributed by atoms with van der Waals surface area (Å²) in [4.78, 5) is 4.55. The molecule has 1 aliphatic rings. The zero-order valence-electron chi connectivity index (χ0n) is 11.1. The highest BCUT2D eigenvalue weighted by atomic mass is 127. The first-order chi connectivity index (χ1) is 9.63. The summed E-state index contributed by atoms with van der Waals surface area (Å²) in [7, 11) is 1.74. The lowest BCUT2D eigenvalue weighted by atomic mass is 10.2. The summed E-state index contributed by atoms with van der Waals surface area (Å²) < 4.78 is 22.0. The average Bonchev–Trinajstić information content (AvgIpc) is 3.03. The Morgan fingerprint density at radius 1 is 1.50 bits per heavy atom. The molecule has 1 heterocycles. The lowest BCUT2D eigenvalue weighted by molar-refractivity contribution is 0.106. The minimum Gasteiger partial charge on any atom is -0.381 e. The smallest absolute Gasteiger partial charge is 0.138 e. The molecule has 3 rings (SSSR count). The van der Waals surface area contributed by atoms with E-state index < -0.39 is 0 Å². The zero-order valence-corrected chi connectivity index (χ0v) is 14.0. The normalized spacial score (nSPS) is 22.8. The summed E-state index contributed by atoms with van der Waals surface area (Å²) in [6.45, 7) is 0. The van der Waals surface area contributed by atoms with Gasteiger partial charge >= 0.3 is 0 Å². The van der Waals surface area contributed by atoms with Gasteiger partial charge in [0.25, 0.3) is 0 Å². The summed E-state index contributed by atoms with van der Waals surface area (Å²) >= 11 is 8.01. The molecule has 2 unspecified atom stereocenters. The summed E-state index contributed by atoms with van der Waals surface area (Å²) in [5, 5.41) is 0. The topological polar surface area (TPSA) is 27.1 Å². The van der Waals surface area contributed by atoms with Gasteiger partial charge in [-0.2, -0.15) is 0 Å². The maximum absolute atomic E-state index is 13.9. The number of imidazole rings is 1. The van der Waals surface area contributed by atoms with Crippen molar-refractivity contribution in [3.05, 3.63) is 27.3 Å². The van der Waals surface area contributed by atoms with Crippen LogP contribution in [0.3, 0.4) is 0 Å². The molecular weight excluding hydrogens is 394 g/mol. The van der Waals surface area contributed by atoms with Gasteiger partial charge in [0.15, 0.2) is 0 Å². The van der Waals surface area contributed by atoms with Crippen LogP contribution in [0.2, 0.25) is 0 Å². The van der Waals surface area contributed by atoms with E-state index in [2.05, 4.69) is 9.55 Å². The minimum absolute atomic E-state index is 0.207. The number of benzene rings is 1. The number of halogens is 3. The monoisotopic (exact) mass is 408 g/mol. The van der Waals surface area contributed by atoms with Crippen molar-refractivity contribution in [2.75, 3.05) is 7.11 Å². The molecule has 1 saturated carbocycles. The Bertz CT molecular complexity index is 646. The van der Waals surface area contributed by atoms with Gasteiger partial charge in [0, 0.05) is 19.2 Å². The summed E-state index contributed by atoms with van der Waals surface area (Å²) in [6, 6.07) is 3.64. The van der Waals surface area contributed by atoms with Gasteiger partial charge < -0.3 is 9.30 Å². The van der Waals surface area contributed by atoms with Crippen LogP contribution >= 0.6 is 34.2 Å². The first kappa shape index (κ1) is 14.5. The van der Waals surface area contributed by atoms with E-state index >= 15 is 0 Å². The van der Waals surface area contributed by atoms with Crippen LogP contribution in [-0.2, 0) is 10.6 Å². The van der Waals surface area contributed by atoms with Crippen LogP contribution in [0.1, 0.15) is 31.1 Å². The fraction of sp³-hybridized carbons (Fsp3) is 0.500. The third kappa shape index (κ3) is 2.44. The molecule has 1 aliphatic carbocycles. The molecular formula is C14H15ClFIN2O. The first-order valence-corrected chi connectivity index (χ1v) is 8.20. The number of aromatic nitrogens is 2. The molecule has 2 aromatic rings. The van der Waals surface area contributed by atoms with E-state index in [1.165, 1.54) is 0 Å². The Hall–Kier alpha value is -0.400. The molecule has 20 heavy (non-hydrogen) atoms. The SMILES string of the molecule is COC1CCC(n2c(CCl)nc3cc(I)c(F)cc32)C1. The number of methoxy groups -OCH3 is 1. The Balaban J connectivity index is 2.11. The number of fused-ring (bicyclic) bond motifs is 1. The van der Waals surface area contributed by atoms with E-state index in [4.69, 9.17) is 16.3 Å². The predicted octanol–water partition coefficient (Wildman–Crippen LogP) is 4.26. The lowest BCUT2D eigenvalue weighted by Crippen LogP contribution is -2.11. The highest BCUT2D eigenvalue weighted by Gasteiger charge is 2.28. The zero-order chi connectivity index (χ0) is 14.3. The molecule has 1 fully saturated rings. The van der Waals surface area contributed by atoms with Crippen molar-refractivity contribution in [2.24, 2.45) is 0 Å². The third-order valence-corrected chi connectivity index (χ3v) is 5.05. The van der Waals surface area contributed by atoms with Crippen LogP contribution in [0.4, 0.5) is 4.39 Å². The quantitative estimate of drug-likeness (QED) is 0.560. The second-order valence-electron chi connectivity index (χ2n) is 5.11. The number of hydrogen-bond donors (Lipinski definition) is 0. The molecule has 0 saturated heterocycles. The van der Waals surface area contributed by atoms with Crippen molar-refractivity contribution in [1.82, 2.24) is 9.55 Å². The van der Waals surface area contributed by atoms with Crippen molar-refractivity contribution in [3.63, 3.8) is 0 Å². The maximum Gasteiger partial charge on any atom is 0.138 e. The molecule has 0 N–H and O–H groups in total. The number of alkyl halides is 1. The third-order valence-electron chi connectivity index (χ3n) is 3.98. The van der Waals surface area contributed by atoms with E-state index in [0.717, 1.165) is 36.1 Å². The lowest BCUT2D eigenvalue weighted by Gasteiger charge is -2.16. The van der Waals surface area contributed by atoms with Gasteiger partial charge in [0.1, 0.15) is 11.6 Å². The Morgan fingerprint density at radius 2 is 2.30 bits per heavy atom. The number of rotatable bonds is 3.